The first-order valence-electron chi connectivity index (χ1n) is 9.91. The van der Waals surface area contributed by atoms with E-state index in [9.17, 15) is 4.39 Å². The van der Waals surface area contributed by atoms with E-state index in [2.05, 4.69) is 25.6 Å². The van der Waals surface area contributed by atoms with Crippen molar-refractivity contribution in [2.45, 2.75) is 6.92 Å². The Balaban J connectivity index is 1.74. The molecule has 158 valence electrons. The monoisotopic (exact) mass is 437 g/mol. The molecule has 8 heteroatoms. The molecule has 3 heterocycles. The molecular weight excluding hydrogens is 417 g/mol. The number of nitrogens with one attached hydrogen (secondary N) is 2. The molecule has 0 saturated carbocycles. The SMILES string of the molecule is CCNCCOc1cnccc1Nc1cc(-c2cc(Cl)ccc2F)nc2ncccc12. The van der Waals surface area contributed by atoms with Crippen LogP contribution in [0.2, 0.25) is 5.02 Å². The van der Waals surface area contributed by atoms with E-state index in [4.69, 9.17) is 16.3 Å². The van der Waals surface area contributed by atoms with Crippen LogP contribution in [0.15, 0.2) is 61.1 Å². The van der Waals surface area contributed by atoms with Gasteiger partial charge in [-0.2, -0.15) is 0 Å². The second-order valence-corrected chi connectivity index (χ2v) is 7.19. The maximum Gasteiger partial charge on any atom is 0.161 e. The highest BCUT2D eigenvalue weighted by atomic mass is 35.5. The van der Waals surface area contributed by atoms with Crippen molar-refractivity contribution in [1.29, 1.82) is 0 Å². The van der Waals surface area contributed by atoms with Crippen LogP contribution in [-0.4, -0.2) is 34.6 Å². The first-order valence-corrected chi connectivity index (χ1v) is 10.3. The predicted octanol–water partition coefficient (Wildman–Crippen LogP) is 5.22. The summed E-state index contributed by atoms with van der Waals surface area (Å²) in [5.74, 6) is 0.208. The summed E-state index contributed by atoms with van der Waals surface area (Å²) in [5, 5.41) is 7.82. The number of hydrogen-bond acceptors (Lipinski definition) is 6. The van der Waals surface area contributed by atoms with Crippen molar-refractivity contribution < 1.29 is 9.13 Å². The van der Waals surface area contributed by atoms with E-state index < -0.39 is 5.82 Å². The molecule has 0 fully saturated rings. The normalized spacial score (nSPS) is 10.9. The average Bonchev–Trinajstić information content (AvgIpc) is 2.79. The number of nitrogens with zero attached hydrogens (tertiary/aromatic N) is 3. The number of rotatable bonds is 8. The smallest absolute Gasteiger partial charge is 0.161 e. The Morgan fingerprint density at radius 1 is 1.10 bits per heavy atom. The fourth-order valence-electron chi connectivity index (χ4n) is 3.15. The van der Waals surface area contributed by atoms with Crippen LogP contribution in [0.5, 0.6) is 5.75 Å². The Kier molecular flexibility index (Phi) is 6.54. The van der Waals surface area contributed by atoms with Crippen LogP contribution in [-0.2, 0) is 0 Å². The largest absolute Gasteiger partial charge is 0.488 e. The highest BCUT2D eigenvalue weighted by Gasteiger charge is 2.14. The third kappa shape index (κ3) is 4.90. The van der Waals surface area contributed by atoms with Gasteiger partial charge in [-0.25, -0.2) is 14.4 Å². The topological polar surface area (TPSA) is 72.0 Å². The summed E-state index contributed by atoms with van der Waals surface area (Å²) in [7, 11) is 0. The Morgan fingerprint density at radius 3 is 2.87 bits per heavy atom. The van der Waals surface area contributed by atoms with Crippen molar-refractivity contribution in [1.82, 2.24) is 20.3 Å². The van der Waals surface area contributed by atoms with E-state index in [1.807, 2.05) is 25.1 Å². The van der Waals surface area contributed by atoms with Gasteiger partial charge in [0.1, 0.15) is 12.4 Å². The Hall–Kier alpha value is -3.29. The zero-order chi connectivity index (χ0) is 21.6. The molecule has 1 aromatic carbocycles. The fourth-order valence-corrected chi connectivity index (χ4v) is 3.32. The summed E-state index contributed by atoms with van der Waals surface area (Å²) in [4.78, 5) is 13.1. The van der Waals surface area contributed by atoms with Crippen LogP contribution in [0.3, 0.4) is 0 Å². The van der Waals surface area contributed by atoms with Crippen molar-refractivity contribution >= 4 is 34.0 Å². The fraction of sp³-hybridized carbons (Fsp3) is 0.174. The van der Waals surface area contributed by atoms with Gasteiger partial charge >= 0.3 is 0 Å². The highest BCUT2D eigenvalue weighted by molar-refractivity contribution is 6.30. The standard InChI is InChI=1S/C23H21ClFN5O/c1-2-26-10-11-31-22-14-27-9-7-19(22)29-20-13-21(17-12-15(24)5-6-18(17)25)30-23-16(20)4-3-8-28-23/h3-9,12-14,26H,2,10-11H2,1H3,(H,27,28,29,30). The number of likely N-dealkylation sites (N-methyl/N-ethyl adjacent to an activating group) is 1. The molecular formula is C23H21ClFN5O. The van der Waals surface area contributed by atoms with Crippen LogP contribution in [0.4, 0.5) is 15.8 Å². The van der Waals surface area contributed by atoms with Crippen molar-refractivity contribution in [3.63, 3.8) is 0 Å². The van der Waals surface area contributed by atoms with Gasteiger partial charge in [0.2, 0.25) is 0 Å². The second kappa shape index (κ2) is 9.68. The van der Waals surface area contributed by atoms with E-state index >= 15 is 0 Å². The van der Waals surface area contributed by atoms with Gasteiger partial charge in [0.05, 0.1) is 23.3 Å². The van der Waals surface area contributed by atoms with Gasteiger partial charge in [0.25, 0.3) is 0 Å². The molecule has 3 aromatic heterocycles. The van der Waals surface area contributed by atoms with Crippen LogP contribution in [0.1, 0.15) is 6.92 Å². The van der Waals surface area contributed by atoms with Crippen LogP contribution >= 0.6 is 11.6 Å². The summed E-state index contributed by atoms with van der Waals surface area (Å²) >= 11 is 6.09. The lowest BCUT2D eigenvalue weighted by Crippen LogP contribution is -2.20. The predicted molar refractivity (Wildman–Crippen MR) is 122 cm³/mol. The lowest BCUT2D eigenvalue weighted by atomic mass is 10.1. The lowest BCUT2D eigenvalue weighted by Gasteiger charge is -2.15. The van der Waals surface area contributed by atoms with E-state index in [1.54, 1.807) is 30.7 Å². The number of pyridine rings is 3. The maximum atomic E-state index is 14.5. The molecule has 31 heavy (non-hydrogen) atoms. The molecule has 0 aliphatic heterocycles. The number of anilines is 2. The summed E-state index contributed by atoms with van der Waals surface area (Å²) in [6.45, 7) is 4.15. The van der Waals surface area contributed by atoms with Gasteiger partial charge in [0.15, 0.2) is 11.4 Å². The van der Waals surface area contributed by atoms with E-state index in [0.717, 1.165) is 29.9 Å². The van der Waals surface area contributed by atoms with Crippen molar-refractivity contribution in [3.05, 3.63) is 71.9 Å². The van der Waals surface area contributed by atoms with Crippen LogP contribution in [0, 0.1) is 5.82 Å². The number of ether oxygens (including phenoxy) is 1. The first kappa shape index (κ1) is 21.0. The minimum atomic E-state index is -0.408. The molecule has 0 spiro atoms. The van der Waals surface area contributed by atoms with Gasteiger partial charge in [-0.05, 0) is 49.0 Å². The number of aromatic nitrogens is 3. The molecule has 0 atom stereocenters. The van der Waals surface area contributed by atoms with Crippen molar-refractivity contribution in [2.75, 3.05) is 25.0 Å². The molecule has 0 bridgehead atoms. The summed E-state index contributed by atoms with van der Waals surface area (Å²) in [6, 6.07) is 11.7. The summed E-state index contributed by atoms with van der Waals surface area (Å²) < 4.78 is 20.4. The zero-order valence-electron chi connectivity index (χ0n) is 16.9. The molecule has 6 nitrogen and oxygen atoms in total. The third-order valence-electron chi connectivity index (χ3n) is 4.63. The Labute approximate surface area is 184 Å². The van der Waals surface area contributed by atoms with Crippen molar-refractivity contribution in [3.8, 4) is 17.0 Å². The number of halogens is 2. The van der Waals surface area contributed by atoms with Crippen LogP contribution < -0.4 is 15.4 Å². The minimum absolute atomic E-state index is 0.306. The highest BCUT2D eigenvalue weighted by Crippen LogP contribution is 2.34. The maximum absolute atomic E-state index is 14.5. The molecule has 0 saturated heterocycles. The van der Waals surface area contributed by atoms with E-state index in [-0.39, 0.29) is 0 Å². The molecule has 0 aliphatic rings. The Bertz CT molecular complexity index is 1200. The molecule has 4 rings (SSSR count). The quantitative estimate of drug-likeness (QED) is 0.368. The number of fused-ring (bicyclic) bond motifs is 1. The van der Waals surface area contributed by atoms with Gasteiger partial charge in [0, 0.05) is 34.9 Å². The first-order chi connectivity index (χ1) is 15.2. The molecule has 0 radical (unpaired) electrons. The second-order valence-electron chi connectivity index (χ2n) is 6.75. The summed E-state index contributed by atoms with van der Waals surface area (Å²) in [6.07, 6.45) is 4.99. The summed E-state index contributed by atoms with van der Waals surface area (Å²) in [5.41, 5.74) is 2.68. The zero-order valence-corrected chi connectivity index (χ0v) is 17.7. The van der Waals surface area contributed by atoms with Gasteiger partial charge < -0.3 is 15.4 Å². The number of benzene rings is 1. The molecule has 2 N–H and O–H groups in total. The van der Waals surface area contributed by atoms with Crippen molar-refractivity contribution in [2.24, 2.45) is 0 Å². The third-order valence-corrected chi connectivity index (χ3v) is 4.86. The Morgan fingerprint density at radius 2 is 2.00 bits per heavy atom. The lowest BCUT2D eigenvalue weighted by molar-refractivity contribution is 0.316. The minimum Gasteiger partial charge on any atom is -0.488 e. The average molecular weight is 438 g/mol. The molecule has 4 aromatic rings. The molecule has 0 amide bonds. The van der Waals surface area contributed by atoms with Gasteiger partial charge in [-0.3, -0.25) is 4.98 Å². The molecule has 0 aliphatic carbocycles. The van der Waals surface area contributed by atoms with Gasteiger partial charge in [-0.1, -0.05) is 18.5 Å². The number of hydrogen-bond donors (Lipinski definition) is 2. The molecule has 0 unspecified atom stereocenters. The van der Waals surface area contributed by atoms with E-state index in [0.29, 0.717) is 34.3 Å². The van der Waals surface area contributed by atoms with Gasteiger partial charge in [-0.15, -0.1) is 0 Å². The van der Waals surface area contributed by atoms with E-state index in [1.165, 1.54) is 12.1 Å². The van der Waals surface area contributed by atoms with Crippen LogP contribution in [0.25, 0.3) is 22.3 Å².